The van der Waals surface area contributed by atoms with Crippen LogP contribution in [0.1, 0.15) is 22.2 Å². The standard InChI is InChI=1S/C26H16ClF2NO6/c1-35-20-10-14(27)7-13-9-19(36-25(13)20)23(32)21-22(12-3-2-4-16(31)8-12)30(26(34)24(21)33)18-6-5-15(28)11-17(18)29/h2-11,22,31,33H,1H3. The van der Waals surface area contributed by atoms with Crippen LogP contribution in [0.3, 0.4) is 0 Å². The number of fused-ring (bicyclic) bond motifs is 1. The topological polar surface area (TPSA) is 100 Å². The lowest BCUT2D eigenvalue weighted by Gasteiger charge is -2.27. The number of halogens is 3. The van der Waals surface area contributed by atoms with E-state index in [2.05, 4.69) is 0 Å². The molecule has 10 heteroatoms. The molecule has 182 valence electrons. The molecule has 2 N–H and O–H groups in total. The summed E-state index contributed by atoms with van der Waals surface area (Å²) in [6, 6.07) is 11.2. The van der Waals surface area contributed by atoms with E-state index in [-0.39, 0.29) is 34.1 Å². The number of aliphatic hydroxyl groups is 1. The van der Waals surface area contributed by atoms with Crippen molar-refractivity contribution in [1.82, 2.24) is 0 Å². The second kappa shape index (κ2) is 8.69. The van der Waals surface area contributed by atoms with E-state index in [9.17, 15) is 28.6 Å². The number of carbonyl (C=O) groups excluding carboxylic acids is 2. The molecule has 3 aromatic carbocycles. The number of aliphatic hydroxyl groups excluding tert-OH is 1. The molecule has 1 unspecified atom stereocenters. The van der Waals surface area contributed by atoms with Crippen molar-refractivity contribution in [2.75, 3.05) is 12.0 Å². The minimum Gasteiger partial charge on any atom is -0.508 e. The highest BCUT2D eigenvalue weighted by molar-refractivity contribution is 6.31. The molecular formula is C26H16ClF2NO6. The number of ether oxygens (including phenoxy) is 1. The average Bonchev–Trinajstić information content (AvgIpc) is 3.37. The van der Waals surface area contributed by atoms with Gasteiger partial charge in [0.05, 0.1) is 24.4 Å². The van der Waals surface area contributed by atoms with Crippen LogP contribution in [0.5, 0.6) is 11.5 Å². The van der Waals surface area contributed by atoms with Gasteiger partial charge in [-0.1, -0.05) is 23.7 Å². The van der Waals surface area contributed by atoms with Crippen molar-refractivity contribution in [2.24, 2.45) is 0 Å². The summed E-state index contributed by atoms with van der Waals surface area (Å²) in [6.45, 7) is 0. The quantitative estimate of drug-likeness (QED) is 0.325. The summed E-state index contributed by atoms with van der Waals surface area (Å²) in [5.41, 5.74) is -0.387. The van der Waals surface area contributed by atoms with Gasteiger partial charge < -0.3 is 19.4 Å². The van der Waals surface area contributed by atoms with E-state index in [1.807, 2.05) is 0 Å². The minimum absolute atomic E-state index is 0.191. The molecule has 0 bridgehead atoms. The van der Waals surface area contributed by atoms with Crippen molar-refractivity contribution >= 4 is 39.9 Å². The Morgan fingerprint density at radius 1 is 1.08 bits per heavy atom. The highest BCUT2D eigenvalue weighted by Crippen LogP contribution is 2.44. The fraction of sp³-hybridized carbons (Fsp3) is 0.0769. The third-order valence-corrected chi connectivity index (χ3v) is 6.02. The lowest BCUT2D eigenvalue weighted by Crippen LogP contribution is -2.31. The molecule has 1 aliphatic rings. The molecule has 1 atom stereocenters. The van der Waals surface area contributed by atoms with Gasteiger partial charge in [0, 0.05) is 22.5 Å². The fourth-order valence-corrected chi connectivity index (χ4v) is 4.47. The summed E-state index contributed by atoms with van der Waals surface area (Å²) >= 11 is 6.10. The summed E-state index contributed by atoms with van der Waals surface area (Å²) in [6.07, 6.45) is 0. The number of hydrogen-bond donors (Lipinski definition) is 2. The van der Waals surface area contributed by atoms with Crippen LogP contribution >= 0.6 is 11.6 Å². The summed E-state index contributed by atoms with van der Waals surface area (Å²) in [7, 11) is 1.39. The van der Waals surface area contributed by atoms with Gasteiger partial charge in [0.25, 0.3) is 5.91 Å². The minimum atomic E-state index is -1.37. The van der Waals surface area contributed by atoms with Crippen molar-refractivity contribution < 1.29 is 37.7 Å². The van der Waals surface area contributed by atoms with Crippen LogP contribution in [0, 0.1) is 11.6 Å². The molecule has 0 saturated carbocycles. The number of anilines is 1. The van der Waals surface area contributed by atoms with Crippen molar-refractivity contribution in [2.45, 2.75) is 6.04 Å². The molecule has 1 amide bonds. The van der Waals surface area contributed by atoms with E-state index in [0.717, 1.165) is 17.0 Å². The maximum Gasteiger partial charge on any atom is 0.294 e. The first-order valence-electron chi connectivity index (χ1n) is 10.5. The fourth-order valence-electron chi connectivity index (χ4n) is 4.25. The molecule has 1 aromatic heterocycles. The smallest absolute Gasteiger partial charge is 0.294 e. The number of benzene rings is 3. The Morgan fingerprint density at radius 2 is 1.86 bits per heavy atom. The van der Waals surface area contributed by atoms with Gasteiger partial charge in [-0.25, -0.2) is 8.78 Å². The Labute approximate surface area is 207 Å². The summed E-state index contributed by atoms with van der Waals surface area (Å²) < 4.78 is 39.3. The maximum absolute atomic E-state index is 14.8. The number of nitrogens with zero attached hydrogens (tertiary/aromatic N) is 1. The number of ketones is 1. The van der Waals surface area contributed by atoms with Crippen LogP contribution in [-0.4, -0.2) is 29.0 Å². The second-order valence-electron chi connectivity index (χ2n) is 8.00. The summed E-state index contributed by atoms with van der Waals surface area (Å²) in [5, 5.41) is 21.6. The van der Waals surface area contributed by atoms with Gasteiger partial charge in [-0.3, -0.25) is 14.5 Å². The number of aromatic hydroxyl groups is 1. The maximum atomic E-state index is 14.8. The number of hydrogen-bond acceptors (Lipinski definition) is 6. The Hall–Kier alpha value is -4.37. The molecule has 0 saturated heterocycles. The number of phenolic OH excluding ortho intramolecular Hbond substituents is 1. The van der Waals surface area contributed by atoms with E-state index in [1.54, 1.807) is 6.07 Å². The lowest BCUT2D eigenvalue weighted by molar-refractivity contribution is -0.117. The SMILES string of the molecule is COc1cc(Cl)cc2cc(C(=O)C3=C(O)C(=O)N(c4ccc(F)cc4F)C3c3cccc(O)c3)oc12. The highest BCUT2D eigenvalue weighted by atomic mass is 35.5. The second-order valence-corrected chi connectivity index (χ2v) is 8.43. The van der Waals surface area contributed by atoms with Crippen molar-refractivity contribution in [3.63, 3.8) is 0 Å². The molecule has 0 spiro atoms. The average molecular weight is 512 g/mol. The zero-order valence-electron chi connectivity index (χ0n) is 18.5. The van der Waals surface area contributed by atoms with Crippen LogP contribution in [0.2, 0.25) is 5.02 Å². The van der Waals surface area contributed by atoms with Crippen LogP contribution < -0.4 is 9.64 Å². The number of Topliss-reactive ketones (excluding diaryl/α,β-unsaturated/α-hetero) is 1. The Bertz CT molecular complexity index is 1590. The number of methoxy groups -OCH3 is 1. The third kappa shape index (κ3) is 3.74. The van der Waals surface area contributed by atoms with Crippen molar-refractivity contribution in [3.8, 4) is 11.5 Å². The molecular weight excluding hydrogens is 496 g/mol. The predicted octanol–water partition coefficient (Wildman–Crippen LogP) is 5.86. The molecule has 5 rings (SSSR count). The van der Waals surface area contributed by atoms with Crippen molar-refractivity contribution in [1.29, 1.82) is 0 Å². The first-order valence-corrected chi connectivity index (χ1v) is 10.9. The number of rotatable bonds is 5. The monoisotopic (exact) mass is 511 g/mol. The molecule has 0 fully saturated rings. The molecule has 36 heavy (non-hydrogen) atoms. The number of amides is 1. The van der Waals surface area contributed by atoms with Crippen LogP contribution in [0.15, 0.2) is 76.4 Å². The van der Waals surface area contributed by atoms with E-state index >= 15 is 0 Å². The van der Waals surface area contributed by atoms with E-state index in [0.29, 0.717) is 16.5 Å². The van der Waals surface area contributed by atoms with Crippen LogP contribution in [0.25, 0.3) is 11.0 Å². The van der Waals surface area contributed by atoms with Gasteiger partial charge in [0.2, 0.25) is 5.78 Å². The van der Waals surface area contributed by atoms with Crippen molar-refractivity contribution in [3.05, 3.63) is 100.0 Å². The number of phenols is 1. The summed E-state index contributed by atoms with van der Waals surface area (Å²) in [5.74, 6) is -5.03. The predicted molar refractivity (Wildman–Crippen MR) is 126 cm³/mol. The molecule has 7 nitrogen and oxygen atoms in total. The molecule has 2 heterocycles. The van der Waals surface area contributed by atoms with Gasteiger partial charge in [-0.05, 0) is 42.0 Å². The number of carbonyl (C=O) groups is 2. The van der Waals surface area contributed by atoms with Gasteiger partial charge in [-0.15, -0.1) is 0 Å². The van der Waals surface area contributed by atoms with Crippen LogP contribution in [-0.2, 0) is 4.79 Å². The molecule has 0 aliphatic carbocycles. The van der Waals surface area contributed by atoms with E-state index in [1.165, 1.54) is 43.5 Å². The largest absolute Gasteiger partial charge is 0.508 e. The van der Waals surface area contributed by atoms with Gasteiger partial charge >= 0.3 is 0 Å². The lowest BCUT2D eigenvalue weighted by atomic mass is 9.94. The Kier molecular flexibility index (Phi) is 5.64. The normalized spacial score (nSPS) is 15.7. The third-order valence-electron chi connectivity index (χ3n) is 5.80. The Morgan fingerprint density at radius 3 is 2.56 bits per heavy atom. The van der Waals surface area contributed by atoms with E-state index < -0.39 is 40.7 Å². The molecule has 4 aromatic rings. The first-order chi connectivity index (χ1) is 17.2. The van der Waals surface area contributed by atoms with Gasteiger partial charge in [0.15, 0.2) is 22.9 Å². The first kappa shape index (κ1) is 23.4. The molecule has 1 aliphatic heterocycles. The summed E-state index contributed by atoms with van der Waals surface area (Å²) in [4.78, 5) is 27.6. The van der Waals surface area contributed by atoms with Gasteiger partial charge in [-0.2, -0.15) is 0 Å². The molecule has 0 radical (unpaired) electrons. The highest BCUT2D eigenvalue weighted by Gasteiger charge is 2.46. The Balaban J connectivity index is 1.69. The zero-order chi connectivity index (χ0) is 25.7. The zero-order valence-corrected chi connectivity index (χ0v) is 19.2. The van der Waals surface area contributed by atoms with E-state index in [4.69, 9.17) is 20.8 Å². The number of furan rings is 1. The van der Waals surface area contributed by atoms with Gasteiger partial charge in [0.1, 0.15) is 17.4 Å². The van der Waals surface area contributed by atoms with Crippen LogP contribution in [0.4, 0.5) is 14.5 Å².